The van der Waals surface area contributed by atoms with Crippen LogP contribution in [0.1, 0.15) is 30.7 Å². The van der Waals surface area contributed by atoms with Crippen molar-refractivity contribution in [3.05, 3.63) is 65.5 Å². The van der Waals surface area contributed by atoms with Crippen molar-refractivity contribution < 1.29 is 4.74 Å². The lowest BCUT2D eigenvalue weighted by Crippen LogP contribution is -2.12. The van der Waals surface area contributed by atoms with Crippen molar-refractivity contribution in [2.45, 2.75) is 27.0 Å². The predicted octanol–water partition coefficient (Wildman–Crippen LogP) is 3.80. The third-order valence-corrected chi connectivity index (χ3v) is 3.11. The van der Waals surface area contributed by atoms with Crippen molar-refractivity contribution in [1.29, 1.82) is 0 Å². The van der Waals surface area contributed by atoms with E-state index in [9.17, 15) is 0 Å². The maximum absolute atomic E-state index is 5.87. The summed E-state index contributed by atoms with van der Waals surface area (Å²) in [7, 11) is 0. The van der Waals surface area contributed by atoms with Crippen LogP contribution in [-0.2, 0) is 13.2 Å². The van der Waals surface area contributed by atoms with Crippen LogP contribution in [-0.4, -0.2) is 11.5 Å². The minimum atomic E-state index is 0.482. The lowest BCUT2D eigenvalue weighted by atomic mass is 10.2. The molecule has 0 atom stereocenters. The summed E-state index contributed by atoms with van der Waals surface area (Å²) in [4.78, 5) is 4.44. The Morgan fingerprint density at radius 3 is 2.76 bits per heavy atom. The van der Waals surface area contributed by atoms with E-state index < -0.39 is 0 Å². The van der Waals surface area contributed by atoms with E-state index in [0.29, 0.717) is 6.61 Å². The summed E-state index contributed by atoms with van der Waals surface area (Å²) >= 11 is 0. The Labute approximate surface area is 126 Å². The first-order chi connectivity index (χ1) is 10.3. The number of aromatic nitrogens is 1. The minimum absolute atomic E-state index is 0.482. The smallest absolute Gasteiger partial charge is 0.130 e. The molecule has 21 heavy (non-hydrogen) atoms. The van der Waals surface area contributed by atoms with E-state index in [4.69, 9.17) is 4.74 Å². The molecule has 3 nitrogen and oxygen atoms in total. The molecule has 1 aromatic heterocycles. The van der Waals surface area contributed by atoms with Crippen molar-refractivity contribution >= 4 is 6.08 Å². The summed E-state index contributed by atoms with van der Waals surface area (Å²) in [6, 6.07) is 12.1. The number of pyridine rings is 1. The maximum atomic E-state index is 5.87. The van der Waals surface area contributed by atoms with Crippen LogP contribution in [0.15, 0.2) is 48.7 Å². The molecule has 0 aliphatic rings. The van der Waals surface area contributed by atoms with E-state index in [1.54, 1.807) is 0 Å². The number of nitrogens with one attached hydrogen (secondary N) is 1. The Balaban J connectivity index is 1.97. The third-order valence-electron chi connectivity index (χ3n) is 3.11. The Morgan fingerprint density at radius 2 is 2.05 bits per heavy atom. The van der Waals surface area contributed by atoms with E-state index in [-0.39, 0.29) is 0 Å². The van der Waals surface area contributed by atoms with Crippen molar-refractivity contribution in [3.8, 4) is 5.75 Å². The van der Waals surface area contributed by atoms with Crippen LogP contribution >= 0.6 is 0 Å². The van der Waals surface area contributed by atoms with Gasteiger partial charge in [-0.05, 0) is 31.2 Å². The molecule has 3 heteroatoms. The minimum Gasteiger partial charge on any atom is -0.487 e. The molecule has 1 N–H and O–H groups in total. The number of nitrogens with zero attached hydrogens (tertiary/aromatic N) is 1. The van der Waals surface area contributed by atoms with Gasteiger partial charge in [-0.2, -0.15) is 0 Å². The fourth-order valence-corrected chi connectivity index (χ4v) is 2.00. The van der Waals surface area contributed by atoms with Crippen molar-refractivity contribution in [2.75, 3.05) is 6.54 Å². The Morgan fingerprint density at radius 1 is 1.19 bits per heavy atom. The molecule has 1 heterocycles. The quantitative estimate of drug-likeness (QED) is 0.838. The average Bonchev–Trinajstić information content (AvgIpc) is 2.53. The molecule has 0 saturated carbocycles. The van der Waals surface area contributed by atoms with Crippen LogP contribution in [0.2, 0.25) is 0 Å². The number of hydrogen-bond acceptors (Lipinski definition) is 3. The fourth-order valence-electron chi connectivity index (χ4n) is 2.00. The number of ether oxygens (including phenoxy) is 1. The fraction of sp³-hybridized carbons (Fsp3) is 0.278. The number of hydrogen-bond donors (Lipinski definition) is 1. The molecule has 0 radical (unpaired) electrons. The zero-order valence-electron chi connectivity index (χ0n) is 12.7. The molecule has 1 aromatic carbocycles. The van der Waals surface area contributed by atoms with Gasteiger partial charge in [-0.3, -0.25) is 4.98 Å². The lowest BCUT2D eigenvalue weighted by Gasteiger charge is -2.09. The van der Waals surface area contributed by atoms with Gasteiger partial charge in [0.2, 0.25) is 0 Å². The topological polar surface area (TPSA) is 34.1 Å². The molecule has 110 valence electrons. The highest BCUT2D eigenvalue weighted by Gasteiger charge is 2.01. The van der Waals surface area contributed by atoms with E-state index in [1.807, 2.05) is 55.6 Å². The van der Waals surface area contributed by atoms with Crippen LogP contribution in [0.3, 0.4) is 0 Å². The first-order valence-electron chi connectivity index (χ1n) is 7.32. The predicted molar refractivity (Wildman–Crippen MR) is 87.1 cm³/mol. The molecule has 0 saturated heterocycles. The monoisotopic (exact) mass is 282 g/mol. The van der Waals surface area contributed by atoms with Gasteiger partial charge in [0.1, 0.15) is 12.4 Å². The summed E-state index contributed by atoms with van der Waals surface area (Å²) in [6.07, 6.45) is 5.96. The summed E-state index contributed by atoms with van der Waals surface area (Å²) in [5, 5.41) is 3.28. The van der Waals surface area contributed by atoms with Gasteiger partial charge in [-0.25, -0.2) is 0 Å². The largest absolute Gasteiger partial charge is 0.487 e. The summed E-state index contributed by atoms with van der Waals surface area (Å²) in [5.74, 6) is 0.883. The number of benzene rings is 1. The van der Waals surface area contributed by atoms with E-state index >= 15 is 0 Å². The highest BCUT2D eigenvalue weighted by atomic mass is 16.5. The SMILES string of the molecule is C/C=C/c1ccccc1OCc1ccc(CNCC)cn1. The van der Waals surface area contributed by atoms with Gasteiger partial charge in [-0.1, -0.05) is 43.3 Å². The highest BCUT2D eigenvalue weighted by molar-refractivity contribution is 5.56. The van der Waals surface area contributed by atoms with Gasteiger partial charge in [0.25, 0.3) is 0 Å². The zero-order chi connectivity index (χ0) is 14.9. The van der Waals surface area contributed by atoms with Crippen LogP contribution in [0.5, 0.6) is 5.75 Å². The summed E-state index contributed by atoms with van der Waals surface area (Å²) in [5.41, 5.74) is 3.21. The van der Waals surface area contributed by atoms with Gasteiger partial charge >= 0.3 is 0 Å². The maximum Gasteiger partial charge on any atom is 0.130 e. The molecule has 0 aliphatic carbocycles. The van der Waals surface area contributed by atoms with Crippen LogP contribution < -0.4 is 10.1 Å². The number of allylic oxidation sites excluding steroid dienone is 1. The van der Waals surface area contributed by atoms with Gasteiger partial charge in [0, 0.05) is 18.3 Å². The molecule has 0 fully saturated rings. The van der Waals surface area contributed by atoms with Crippen molar-refractivity contribution in [3.63, 3.8) is 0 Å². The number of rotatable bonds is 7. The zero-order valence-corrected chi connectivity index (χ0v) is 12.7. The first kappa shape index (κ1) is 15.3. The molecular formula is C18H22N2O. The van der Waals surface area contributed by atoms with E-state index in [0.717, 1.165) is 30.1 Å². The molecule has 2 rings (SSSR count). The standard InChI is InChI=1S/C18H22N2O/c1-3-7-16-8-5-6-9-18(16)21-14-17-11-10-15(13-20-17)12-19-4-2/h3,5-11,13,19H,4,12,14H2,1-2H3/b7-3+. The molecule has 0 aliphatic heterocycles. The second-order valence-corrected chi connectivity index (χ2v) is 4.76. The molecule has 2 aromatic rings. The second-order valence-electron chi connectivity index (χ2n) is 4.76. The third kappa shape index (κ3) is 4.72. The average molecular weight is 282 g/mol. The van der Waals surface area contributed by atoms with Gasteiger partial charge in [-0.15, -0.1) is 0 Å². The molecular weight excluding hydrogens is 260 g/mol. The number of para-hydroxylation sites is 1. The van der Waals surface area contributed by atoms with Crippen LogP contribution in [0.4, 0.5) is 0 Å². The second kappa shape index (κ2) is 8.22. The van der Waals surface area contributed by atoms with E-state index in [2.05, 4.69) is 23.3 Å². The normalized spacial score (nSPS) is 11.0. The Hall–Kier alpha value is -2.13. The Bertz CT molecular complexity index is 576. The van der Waals surface area contributed by atoms with Crippen LogP contribution in [0.25, 0.3) is 6.08 Å². The van der Waals surface area contributed by atoms with Gasteiger partial charge in [0.05, 0.1) is 5.69 Å². The molecule has 0 spiro atoms. The van der Waals surface area contributed by atoms with Crippen LogP contribution in [0, 0.1) is 0 Å². The van der Waals surface area contributed by atoms with Crippen molar-refractivity contribution in [2.24, 2.45) is 0 Å². The molecule has 0 bridgehead atoms. The first-order valence-corrected chi connectivity index (χ1v) is 7.32. The molecule has 0 amide bonds. The lowest BCUT2D eigenvalue weighted by molar-refractivity contribution is 0.300. The van der Waals surface area contributed by atoms with Gasteiger partial charge < -0.3 is 10.1 Å². The van der Waals surface area contributed by atoms with E-state index in [1.165, 1.54) is 5.56 Å². The molecule has 0 unspecified atom stereocenters. The Kier molecular flexibility index (Phi) is 5.98. The van der Waals surface area contributed by atoms with Gasteiger partial charge in [0.15, 0.2) is 0 Å². The van der Waals surface area contributed by atoms with Crippen molar-refractivity contribution in [1.82, 2.24) is 10.3 Å². The summed E-state index contributed by atoms with van der Waals surface area (Å²) in [6.45, 7) is 6.40. The summed E-state index contributed by atoms with van der Waals surface area (Å²) < 4.78 is 5.87. The highest BCUT2D eigenvalue weighted by Crippen LogP contribution is 2.20.